The Kier molecular flexibility index (Phi) is 5.84. The van der Waals surface area contributed by atoms with Gasteiger partial charge in [-0.05, 0) is 30.7 Å². The minimum absolute atomic E-state index is 0.184. The molecule has 1 heterocycles. The van der Waals surface area contributed by atoms with Crippen LogP contribution in [0.2, 0.25) is 5.02 Å². The lowest BCUT2D eigenvalue weighted by atomic mass is 10.0. The van der Waals surface area contributed by atoms with Crippen molar-refractivity contribution in [2.45, 2.75) is 25.0 Å². The van der Waals surface area contributed by atoms with Crippen molar-refractivity contribution in [1.82, 2.24) is 5.32 Å². The summed E-state index contributed by atoms with van der Waals surface area (Å²) in [6, 6.07) is 5.38. The number of rotatable bonds is 7. The van der Waals surface area contributed by atoms with Crippen LogP contribution < -0.4 is 10.1 Å². The van der Waals surface area contributed by atoms with Crippen LogP contribution in [-0.4, -0.2) is 54.8 Å². The average molecular weight is 316 g/mol. The maximum atomic E-state index is 10.1. The first kappa shape index (κ1) is 16.5. The van der Waals surface area contributed by atoms with E-state index in [1.165, 1.54) is 0 Å². The fourth-order valence-corrected chi connectivity index (χ4v) is 2.28. The van der Waals surface area contributed by atoms with Crippen molar-refractivity contribution in [3.63, 3.8) is 0 Å². The second-order valence-corrected chi connectivity index (χ2v) is 5.94. The van der Waals surface area contributed by atoms with E-state index < -0.39 is 11.7 Å². The molecular weight excluding hydrogens is 294 g/mol. The normalized spacial score (nSPS) is 23.2. The molecule has 3 N–H and O–H groups in total. The lowest BCUT2D eigenvalue weighted by Gasteiger charge is -2.22. The maximum absolute atomic E-state index is 10.1. The fourth-order valence-electron chi connectivity index (χ4n) is 2.17. The van der Waals surface area contributed by atoms with Gasteiger partial charge in [0.15, 0.2) is 0 Å². The molecule has 0 spiro atoms. The van der Waals surface area contributed by atoms with Crippen LogP contribution in [0.25, 0.3) is 0 Å². The number of benzene rings is 1. The van der Waals surface area contributed by atoms with Gasteiger partial charge in [-0.15, -0.1) is 0 Å². The highest BCUT2D eigenvalue weighted by Crippen LogP contribution is 2.21. The van der Waals surface area contributed by atoms with Gasteiger partial charge in [0.1, 0.15) is 24.1 Å². The van der Waals surface area contributed by atoms with Gasteiger partial charge in [0.25, 0.3) is 0 Å². The lowest BCUT2D eigenvalue weighted by Crippen LogP contribution is -2.44. The van der Waals surface area contributed by atoms with Crippen molar-refractivity contribution < 1.29 is 19.7 Å². The smallest absolute Gasteiger partial charge is 0.119 e. The number of aryl methyl sites for hydroxylation is 1. The molecule has 21 heavy (non-hydrogen) atoms. The van der Waals surface area contributed by atoms with E-state index in [2.05, 4.69) is 5.32 Å². The Morgan fingerprint density at radius 1 is 1.52 bits per heavy atom. The minimum atomic E-state index is -0.812. The number of hydrogen-bond donors (Lipinski definition) is 3. The largest absolute Gasteiger partial charge is 0.491 e. The van der Waals surface area contributed by atoms with Gasteiger partial charge < -0.3 is 25.0 Å². The van der Waals surface area contributed by atoms with Gasteiger partial charge in [-0.25, -0.2) is 0 Å². The zero-order chi connectivity index (χ0) is 15.3. The van der Waals surface area contributed by atoms with Crippen molar-refractivity contribution in [2.24, 2.45) is 0 Å². The Hall–Kier alpha value is -0.850. The molecule has 6 heteroatoms. The predicted octanol–water partition coefficient (Wildman–Crippen LogP) is 1.13. The molecule has 0 bridgehead atoms. The topological polar surface area (TPSA) is 71.0 Å². The van der Waals surface area contributed by atoms with E-state index in [9.17, 15) is 10.2 Å². The van der Waals surface area contributed by atoms with Crippen LogP contribution in [0.3, 0.4) is 0 Å². The zero-order valence-corrected chi connectivity index (χ0v) is 12.9. The maximum Gasteiger partial charge on any atom is 0.119 e. The van der Waals surface area contributed by atoms with Gasteiger partial charge in [-0.2, -0.15) is 0 Å². The minimum Gasteiger partial charge on any atom is -0.491 e. The van der Waals surface area contributed by atoms with E-state index in [1.807, 2.05) is 13.0 Å². The van der Waals surface area contributed by atoms with E-state index in [4.69, 9.17) is 21.1 Å². The fraction of sp³-hybridized carbons (Fsp3) is 0.600. The van der Waals surface area contributed by atoms with E-state index in [0.717, 1.165) is 5.56 Å². The van der Waals surface area contributed by atoms with Crippen LogP contribution in [0.15, 0.2) is 18.2 Å². The summed E-state index contributed by atoms with van der Waals surface area (Å²) >= 11 is 5.94. The second-order valence-electron chi connectivity index (χ2n) is 5.53. The summed E-state index contributed by atoms with van der Waals surface area (Å²) in [5, 5.41) is 23.7. The number of hydrogen-bond acceptors (Lipinski definition) is 5. The van der Waals surface area contributed by atoms with Crippen molar-refractivity contribution in [1.29, 1.82) is 0 Å². The Morgan fingerprint density at radius 2 is 2.33 bits per heavy atom. The molecule has 1 saturated heterocycles. The first-order valence-corrected chi connectivity index (χ1v) is 7.44. The second kappa shape index (κ2) is 7.42. The molecule has 2 rings (SSSR count). The third kappa shape index (κ3) is 5.13. The Labute approximate surface area is 129 Å². The Morgan fingerprint density at radius 3 is 3.00 bits per heavy atom. The predicted molar refractivity (Wildman–Crippen MR) is 80.9 cm³/mol. The average Bonchev–Trinajstić information content (AvgIpc) is 2.87. The highest BCUT2D eigenvalue weighted by atomic mass is 35.5. The molecule has 0 saturated carbocycles. The Bertz CT molecular complexity index is 463. The summed E-state index contributed by atoms with van der Waals surface area (Å²) in [7, 11) is 0. The molecule has 1 aromatic rings. The summed E-state index contributed by atoms with van der Waals surface area (Å²) in [5.74, 6) is 0.679. The van der Waals surface area contributed by atoms with E-state index in [0.29, 0.717) is 43.5 Å². The number of ether oxygens (including phenoxy) is 2. The highest BCUT2D eigenvalue weighted by Gasteiger charge is 2.31. The molecular formula is C15H22ClNO4. The van der Waals surface area contributed by atoms with Crippen molar-refractivity contribution in [3.05, 3.63) is 28.8 Å². The van der Waals surface area contributed by atoms with Crippen LogP contribution >= 0.6 is 11.6 Å². The van der Waals surface area contributed by atoms with E-state index in [-0.39, 0.29) is 6.61 Å². The van der Waals surface area contributed by atoms with Gasteiger partial charge in [-0.1, -0.05) is 11.6 Å². The van der Waals surface area contributed by atoms with Gasteiger partial charge >= 0.3 is 0 Å². The number of aliphatic hydroxyl groups excluding tert-OH is 1. The highest BCUT2D eigenvalue weighted by molar-refractivity contribution is 6.31. The summed E-state index contributed by atoms with van der Waals surface area (Å²) in [5.41, 5.74) is 0.124. The molecule has 1 aliphatic heterocycles. The summed E-state index contributed by atoms with van der Waals surface area (Å²) in [6.45, 7) is 3.77. The molecule has 0 amide bonds. The molecule has 5 nitrogen and oxygen atoms in total. The van der Waals surface area contributed by atoms with E-state index >= 15 is 0 Å². The SMILES string of the molecule is Cc1cc(OCC(O)CNCC2(O)CCOC2)ccc1Cl. The van der Waals surface area contributed by atoms with Gasteiger partial charge in [0.2, 0.25) is 0 Å². The first-order valence-electron chi connectivity index (χ1n) is 7.06. The quantitative estimate of drug-likeness (QED) is 0.703. The van der Waals surface area contributed by atoms with Crippen LogP contribution in [0.4, 0.5) is 0 Å². The molecule has 1 fully saturated rings. The monoisotopic (exact) mass is 315 g/mol. The molecule has 118 valence electrons. The Balaban J connectivity index is 1.67. The molecule has 0 aliphatic carbocycles. The molecule has 0 radical (unpaired) electrons. The summed E-state index contributed by atoms with van der Waals surface area (Å²) in [6.07, 6.45) is -0.0247. The van der Waals surface area contributed by atoms with Crippen molar-refractivity contribution in [2.75, 3.05) is 32.9 Å². The van der Waals surface area contributed by atoms with Crippen LogP contribution in [0.5, 0.6) is 5.75 Å². The summed E-state index contributed by atoms with van der Waals surface area (Å²) in [4.78, 5) is 0. The van der Waals surface area contributed by atoms with Crippen molar-refractivity contribution >= 4 is 11.6 Å². The standard InChI is InChI=1S/C15H22ClNO4/c1-11-6-13(2-3-14(11)16)21-8-12(18)7-17-9-15(19)4-5-20-10-15/h2-3,6,12,17-19H,4-5,7-10H2,1H3. The van der Waals surface area contributed by atoms with Crippen LogP contribution in [-0.2, 0) is 4.74 Å². The number of aliphatic hydroxyl groups is 2. The third-order valence-corrected chi connectivity index (χ3v) is 3.91. The molecule has 2 unspecified atom stereocenters. The molecule has 0 aromatic heterocycles. The first-order chi connectivity index (χ1) is 9.98. The molecule has 1 aromatic carbocycles. The number of nitrogens with one attached hydrogen (secondary N) is 1. The zero-order valence-electron chi connectivity index (χ0n) is 12.1. The van der Waals surface area contributed by atoms with Crippen LogP contribution in [0, 0.1) is 6.92 Å². The molecule has 2 atom stereocenters. The lowest BCUT2D eigenvalue weighted by molar-refractivity contribution is 0.0226. The summed E-state index contributed by atoms with van der Waals surface area (Å²) < 4.78 is 10.7. The van der Waals surface area contributed by atoms with E-state index in [1.54, 1.807) is 12.1 Å². The third-order valence-electron chi connectivity index (χ3n) is 3.49. The van der Waals surface area contributed by atoms with Gasteiger partial charge in [0, 0.05) is 31.1 Å². The number of halogens is 1. The van der Waals surface area contributed by atoms with Crippen molar-refractivity contribution in [3.8, 4) is 5.75 Å². The van der Waals surface area contributed by atoms with Gasteiger partial charge in [-0.3, -0.25) is 0 Å². The van der Waals surface area contributed by atoms with Gasteiger partial charge in [0.05, 0.1) is 6.61 Å². The van der Waals surface area contributed by atoms with Crippen LogP contribution in [0.1, 0.15) is 12.0 Å². The molecule has 1 aliphatic rings.